The van der Waals surface area contributed by atoms with Crippen molar-refractivity contribution in [1.82, 2.24) is 10.3 Å². The molecule has 1 aromatic heterocycles. The second-order valence-corrected chi connectivity index (χ2v) is 11.2. The van der Waals surface area contributed by atoms with Gasteiger partial charge in [0.2, 0.25) is 5.91 Å². The molecule has 0 bridgehead atoms. The largest absolute Gasteiger partial charge is 0.494 e. The van der Waals surface area contributed by atoms with Gasteiger partial charge in [-0.15, -0.1) is 11.3 Å². The summed E-state index contributed by atoms with van der Waals surface area (Å²) in [6, 6.07) is 20.8. The van der Waals surface area contributed by atoms with Crippen LogP contribution in [-0.2, 0) is 10.2 Å². The predicted molar refractivity (Wildman–Crippen MR) is 142 cm³/mol. The molecule has 1 aliphatic carbocycles. The number of aromatic nitrogens is 1. The molecule has 0 spiro atoms. The number of hydrogen-bond donors (Lipinski definition) is 1. The van der Waals surface area contributed by atoms with E-state index in [-0.39, 0.29) is 0 Å². The molecule has 192 valence electrons. The minimum absolute atomic E-state index is 0.386. The molecule has 0 radical (unpaired) electrons. The standard InChI is InChI=1S/C28H25F3N2O2S2/c1-2-35-18-12-13-23-24(16-18)37-26(33-23)36-15-7-14-27(25(34)32-17-28(29,30)31)21-10-5-3-8-19(21)20-9-4-6-11-22(20)27/h3-6,8-13,16H,2,7,14-15,17H2,1H3,(H,32,34). The van der Waals surface area contributed by atoms with Crippen molar-refractivity contribution in [2.75, 3.05) is 18.9 Å². The highest BCUT2D eigenvalue weighted by Crippen LogP contribution is 2.51. The molecule has 37 heavy (non-hydrogen) atoms. The van der Waals surface area contributed by atoms with E-state index in [0.717, 1.165) is 42.6 Å². The highest BCUT2D eigenvalue weighted by atomic mass is 32.2. The van der Waals surface area contributed by atoms with E-state index in [0.29, 0.717) is 25.2 Å². The number of nitrogens with zero attached hydrogens (tertiary/aromatic N) is 1. The van der Waals surface area contributed by atoms with Crippen molar-refractivity contribution in [2.24, 2.45) is 0 Å². The van der Waals surface area contributed by atoms with Crippen LogP contribution in [0.5, 0.6) is 5.75 Å². The first-order valence-corrected chi connectivity index (χ1v) is 13.8. The zero-order chi connectivity index (χ0) is 26.0. The van der Waals surface area contributed by atoms with Gasteiger partial charge in [0.1, 0.15) is 17.7 Å². The Balaban J connectivity index is 1.38. The lowest BCUT2D eigenvalue weighted by molar-refractivity contribution is -0.141. The average Bonchev–Trinajstić information content (AvgIpc) is 3.42. The van der Waals surface area contributed by atoms with E-state index >= 15 is 0 Å². The van der Waals surface area contributed by atoms with Crippen LogP contribution in [0.3, 0.4) is 0 Å². The first kappa shape index (κ1) is 25.6. The molecule has 0 atom stereocenters. The summed E-state index contributed by atoms with van der Waals surface area (Å²) in [7, 11) is 0. The number of thioether (sulfide) groups is 1. The Morgan fingerprint density at radius 3 is 2.38 bits per heavy atom. The first-order valence-electron chi connectivity index (χ1n) is 12.0. The Morgan fingerprint density at radius 1 is 1.05 bits per heavy atom. The summed E-state index contributed by atoms with van der Waals surface area (Å²) >= 11 is 3.18. The van der Waals surface area contributed by atoms with Crippen LogP contribution in [0.4, 0.5) is 13.2 Å². The summed E-state index contributed by atoms with van der Waals surface area (Å²) in [6.07, 6.45) is -3.48. The molecule has 9 heteroatoms. The first-order chi connectivity index (χ1) is 17.8. The van der Waals surface area contributed by atoms with Gasteiger partial charge >= 0.3 is 6.18 Å². The second-order valence-electron chi connectivity index (χ2n) is 8.79. The molecular formula is C28H25F3N2O2S2. The Bertz CT molecular complexity index is 1390. The molecule has 0 saturated carbocycles. The number of benzene rings is 3. The van der Waals surface area contributed by atoms with Crippen molar-refractivity contribution in [3.63, 3.8) is 0 Å². The molecule has 4 aromatic rings. The summed E-state index contributed by atoms with van der Waals surface area (Å²) in [4.78, 5) is 18.3. The molecule has 0 saturated heterocycles. The lowest BCUT2D eigenvalue weighted by Crippen LogP contribution is -2.47. The average molecular weight is 543 g/mol. The van der Waals surface area contributed by atoms with Crippen LogP contribution in [0, 0.1) is 0 Å². The maximum atomic E-state index is 13.6. The molecule has 1 heterocycles. The van der Waals surface area contributed by atoms with Crippen LogP contribution in [0.15, 0.2) is 71.1 Å². The minimum atomic E-state index is -4.49. The lowest BCUT2D eigenvalue weighted by Gasteiger charge is -2.31. The Labute approximate surface area is 221 Å². The van der Waals surface area contributed by atoms with Gasteiger partial charge in [-0.2, -0.15) is 13.2 Å². The number of carbonyl (C=O) groups is 1. The molecule has 1 amide bonds. The van der Waals surface area contributed by atoms with Crippen LogP contribution in [0.1, 0.15) is 30.9 Å². The molecule has 0 fully saturated rings. The molecular weight excluding hydrogens is 517 g/mol. The summed E-state index contributed by atoms with van der Waals surface area (Å²) in [5.74, 6) is 0.868. The third-order valence-corrected chi connectivity index (χ3v) is 8.72. The number of thiazole rings is 1. The van der Waals surface area contributed by atoms with E-state index in [1.165, 1.54) is 0 Å². The van der Waals surface area contributed by atoms with Gasteiger partial charge in [-0.25, -0.2) is 4.98 Å². The quantitative estimate of drug-likeness (QED) is 0.179. The fraction of sp³-hybridized carbons (Fsp3) is 0.286. The number of hydrogen-bond acceptors (Lipinski definition) is 5. The lowest BCUT2D eigenvalue weighted by atomic mass is 9.73. The van der Waals surface area contributed by atoms with Crippen LogP contribution >= 0.6 is 23.1 Å². The van der Waals surface area contributed by atoms with Gasteiger partial charge in [-0.3, -0.25) is 4.79 Å². The van der Waals surface area contributed by atoms with Crippen LogP contribution < -0.4 is 10.1 Å². The zero-order valence-electron chi connectivity index (χ0n) is 20.1. The van der Waals surface area contributed by atoms with E-state index in [9.17, 15) is 18.0 Å². The third-order valence-electron chi connectivity index (χ3n) is 6.47. The Hall–Kier alpha value is -3.04. The van der Waals surface area contributed by atoms with Gasteiger partial charge in [0.25, 0.3) is 0 Å². The molecule has 3 aromatic carbocycles. The van der Waals surface area contributed by atoms with Crippen molar-refractivity contribution < 1.29 is 22.7 Å². The molecule has 1 N–H and O–H groups in total. The van der Waals surface area contributed by atoms with Crippen molar-refractivity contribution >= 4 is 39.2 Å². The number of nitrogens with one attached hydrogen (secondary N) is 1. The highest BCUT2D eigenvalue weighted by Gasteiger charge is 2.49. The Kier molecular flexibility index (Phi) is 7.18. The molecule has 5 rings (SSSR count). The van der Waals surface area contributed by atoms with Gasteiger partial charge < -0.3 is 10.1 Å². The number of alkyl halides is 3. The van der Waals surface area contributed by atoms with Gasteiger partial charge in [-0.05, 0) is 60.2 Å². The number of rotatable bonds is 9. The Morgan fingerprint density at radius 2 is 1.73 bits per heavy atom. The van der Waals surface area contributed by atoms with Crippen LogP contribution in [0.2, 0.25) is 0 Å². The maximum Gasteiger partial charge on any atom is 0.405 e. The number of carbonyl (C=O) groups excluding carboxylic acids is 1. The van der Waals surface area contributed by atoms with Crippen LogP contribution in [-0.4, -0.2) is 36.0 Å². The number of ether oxygens (including phenoxy) is 1. The third kappa shape index (κ3) is 5.07. The van der Waals surface area contributed by atoms with E-state index in [1.807, 2.05) is 73.7 Å². The molecule has 0 unspecified atom stereocenters. The predicted octanol–water partition coefficient (Wildman–Crippen LogP) is 7.21. The minimum Gasteiger partial charge on any atom is -0.494 e. The summed E-state index contributed by atoms with van der Waals surface area (Å²) < 4.78 is 46.6. The van der Waals surface area contributed by atoms with Gasteiger partial charge in [0.15, 0.2) is 4.34 Å². The van der Waals surface area contributed by atoms with E-state index in [1.54, 1.807) is 23.1 Å². The van der Waals surface area contributed by atoms with E-state index in [2.05, 4.69) is 10.3 Å². The number of halogens is 3. The molecule has 4 nitrogen and oxygen atoms in total. The fourth-order valence-electron chi connectivity index (χ4n) is 4.98. The maximum absolute atomic E-state index is 13.6. The zero-order valence-corrected chi connectivity index (χ0v) is 21.7. The second kappa shape index (κ2) is 10.4. The smallest absolute Gasteiger partial charge is 0.405 e. The fourth-order valence-corrected chi connectivity index (χ4v) is 7.09. The highest BCUT2D eigenvalue weighted by molar-refractivity contribution is 8.01. The van der Waals surface area contributed by atoms with Gasteiger partial charge in [0.05, 0.1) is 16.8 Å². The molecule has 0 aliphatic heterocycles. The normalized spacial score (nSPS) is 13.8. The number of amides is 1. The topological polar surface area (TPSA) is 51.2 Å². The number of fused-ring (bicyclic) bond motifs is 4. The van der Waals surface area contributed by atoms with Gasteiger partial charge in [-0.1, -0.05) is 60.3 Å². The van der Waals surface area contributed by atoms with Crippen molar-refractivity contribution in [3.8, 4) is 16.9 Å². The van der Waals surface area contributed by atoms with Crippen molar-refractivity contribution in [1.29, 1.82) is 0 Å². The molecule has 1 aliphatic rings. The van der Waals surface area contributed by atoms with Crippen LogP contribution in [0.25, 0.3) is 21.3 Å². The van der Waals surface area contributed by atoms with E-state index in [4.69, 9.17) is 4.74 Å². The van der Waals surface area contributed by atoms with Crippen molar-refractivity contribution in [3.05, 3.63) is 77.9 Å². The monoisotopic (exact) mass is 542 g/mol. The summed E-state index contributed by atoms with van der Waals surface area (Å²) in [5.41, 5.74) is 3.01. The van der Waals surface area contributed by atoms with Crippen molar-refractivity contribution in [2.45, 2.75) is 35.7 Å². The summed E-state index contributed by atoms with van der Waals surface area (Å²) in [5, 5.41) is 2.19. The van der Waals surface area contributed by atoms with Gasteiger partial charge in [0, 0.05) is 5.75 Å². The summed E-state index contributed by atoms with van der Waals surface area (Å²) in [6.45, 7) is 1.17. The van der Waals surface area contributed by atoms with E-state index < -0.39 is 24.0 Å². The SMILES string of the molecule is CCOc1ccc2nc(SCCCC3(C(=O)NCC(F)(F)F)c4ccccc4-c4ccccc43)sc2c1.